The molecule has 1 aromatic heterocycles. The van der Waals surface area contributed by atoms with Gasteiger partial charge in [-0.1, -0.05) is 31.2 Å². The Bertz CT molecular complexity index is 1170. The van der Waals surface area contributed by atoms with Gasteiger partial charge in [0.2, 0.25) is 0 Å². The minimum absolute atomic E-state index is 0.133. The molecule has 1 aliphatic rings. The van der Waals surface area contributed by atoms with Gasteiger partial charge in [-0.25, -0.2) is 18.7 Å². The lowest BCUT2D eigenvalue weighted by Crippen LogP contribution is -2.44. The molecule has 7 heteroatoms. The molecule has 1 saturated heterocycles. The molecule has 32 heavy (non-hydrogen) atoms. The van der Waals surface area contributed by atoms with Gasteiger partial charge in [0.25, 0.3) is 5.91 Å². The first kappa shape index (κ1) is 21.6. The van der Waals surface area contributed by atoms with Crippen molar-refractivity contribution in [2.24, 2.45) is 5.41 Å². The number of piperidine rings is 1. The zero-order chi connectivity index (χ0) is 22.7. The molecule has 1 fully saturated rings. The van der Waals surface area contributed by atoms with E-state index in [0.717, 1.165) is 11.6 Å². The largest absolute Gasteiger partial charge is 0.339 e. The summed E-state index contributed by atoms with van der Waals surface area (Å²) in [6.07, 6.45) is 3.88. The Morgan fingerprint density at radius 1 is 1.16 bits per heavy atom. The maximum atomic E-state index is 14.4. The number of carbonyl (C=O) groups excluding carboxylic acids is 1. The smallest absolute Gasteiger partial charge is 0.254 e. The fraction of sp³-hybridized carbons (Fsp3) is 0.280. The molecule has 5 nitrogen and oxygen atoms in total. The number of hydrogen-bond donors (Lipinski definition) is 0. The lowest BCUT2D eigenvalue weighted by atomic mass is 9.68. The molecule has 0 radical (unpaired) electrons. The highest BCUT2D eigenvalue weighted by Gasteiger charge is 2.42. The fourth-order valence-corrected chi connectivity index (χ4v) is 4.41. The molecule has 0 unspecified atom stereocenters. The quantitative estimate of drug-likeness (QED) is 0.584. The zero-order valence-corrected chi connectivity index (χ0v) is 17.6. The first-order valence-electron chi connectivity index (χ1n) is 10.5. The number of rotatable bonds is 4. The van der Waals surface area contributed by atoms with E-state index in [9.17, 15) is 18.8 Å². The molecule has 3 aromatic rings. The molecule has 0 N–H and O–H groups in total. The number of carbonyl (C=O) groups is 1. The van der Waals surface area contributed by atoms with Gasteiger partial charge in [0.15, 0.2) is 0 Å². The second-order valence-corrected chi connectivity index (χ2v) is 8.09. The lowest BCUT2D eigenvalue weighted by molar-refractivity contribution is 0.0622. The first-order chi connectivity index (χ1) is 15.4. The van der Waals surface area contributed by atoms with Crippen LogP contribution in [0.25, 0.3) is 11.3 Å². The van der Waals surface area contributed by atoms with Crippen molar-refractivity contribution in [3.8, 4) is 17.3 Å². The van der Waals surface area contributed by atoms with Crippen molar-refractivity contribution >= 4 is 5.91 Å². The van der Waals surface area contributed by atoms with Gasteiger partial charge >= 0.3 is 0 Å². The maximum Gasteiger partial charge on any atom is 0.254 e. The number of nitriles is 1. The van der Waals surface area contributed by atoms with E-state index in [1.807, 2.05) is 12.1 Å². The molecule has 0 aliphatic carbocycles. The van der Waals surface area contributed by atoms with Gasteiger partial charge < -0.3 is 4.90 Å². The van der Waals surface area contributed by atoms with E-state index < -0.39 is 23.0 Å². The molecule has 1 atom stereocenters. The molecule has 2 heterocycles. The molecule has 0 bridgehead atoms. The topological polar surface area (TPSA) is 69.9 Å². The Labute approximate surface area is 185 Å². The molecule has 1 aliphatic heterocycles. The zero-order valence-electron chi connectivity index (χ0n) is 17.6. The standard InChI is InChI=1S/C25H22F2N4O/c1-17(19-7-6-18(26)14-22(19)27)25(15-28)9-12-31(13-10-25)24(32)21-5-3-2-4-20(21)23-8-11-29-16-30-23/h2-8,11,14,16-17H,9-10,12-13H2,1H3/t17-/m1/s1. The van der Waals surface area contributed by atoms with Crippen LogP contribution in [0.15, 0.2) is 61.1 Å². The summed E-state index contributed by atoms with van der Waals surface area (Å²) < 4.78 is 27.7. The van der Waals surface area contributed by atoms with Crippen LogP contribution in [0.5, 0.6) is 0 Å². The van der Waals surface area contributed by atoms with Crippen molar-refractivity contribution in [1.29, 1.82) is 5.26 Å². The third kappa shape index (κ3) is 3.96. The Kier molecular flexibility index (Phi) is 5.95. The summed E-state index contributed by atoms with van der Waals surface area (Å²) >= 11 is 0. The monoisotopic (exact) mass is 432 g/mol. The third-order valence-corrected chi connectivity index (χ3v) is 6.44. The van der Waals surface area contributed by atoms with Crippen LogP contribution in [0, 0.1) is 28.4 Å². The molecule has 162 valence electrons. The average Bonchev–Trinajstić information content (AvgIpc) is 2.84. The Hall–Kier alpha value is -3.66. The van der Waals surface area contributed by atoms with Crippen LogP contribution in [0.4, 0.5) is 8.78 Å². The lowest BCUT2D eigenvalue weighted by Gasteiger charge is -2.41. The minimum Gasteiger partial charge on any atom is -0.339 e. The highest BCUT2D eigenvalue weighted by Crippen LogP contribution is 2.45. The van der Waals surface area contributed by atoms with Crippen molar-refractivity contribution in [2.45, 2.75) is 25.7 Å². The summed E-state index contributed by atoms with van der Waals surface area (Å²) in [6, 6.07) is 14.9. The molecule has 1 amide bonds. The van der Waals surface area contributed by atoms with E-state index in [2.05, 4.69) is 16.0 Å². The second-order valence-electron chi connectivity index (χ2n) is 8.09. The van der Waals surface area contributed by atoms with Crippen LogP contribution in [-0.4, -0.2) is 33.9 Å². The third-order valence-electron chi connectivity index (χ3n) is 6.44. The van der Waals surface area contributed by atoms with E-state index >= 15 is 0 Å². The van der Waals surface area contributed by atoms with Crippen molar-refractivity contribution < 1.29 is 13.6 Å². The van der Waals surface area contributed by atoms with Gasteiger partial charge in [-0.15, -0.1) is 0 Å². The maximum absolute atomic E-state index is 14.4. The van der Waals surface area contributed by atoms with Crippen LogP contribution >= 0.6 is 0 Å². The van der Waals surface area contributed by atoms with Crippen LogP contribution in [0.1, 0.15) is 41.6 Å². The molecular formula is C25H22F2N4O. The molecule has 2 aromatic carbocycles. The van der Waals surface area contributed by atoms with Gasteiger partial charge in [0.1, 0.15) is 18.0 Å². The summed E-state index contributed by atoms with van der Waals surface area (Å²) in [5.41, 5.74) is 1.41. The van der Waals surface area contributed by atoms with Crippen molar-refractivity contribution in [3.63, 3.8) is 0 Å². The summed E-state index contributed by atoms with van der Waals surface area (Å²) in [6.45, 7) is 2.54. The van der Waals surface area contributed by atoms with E-state index in [0.29, 0.717) is 42.8 Å². The van der Waals surface area contributed by atoms with Gasteiger partial charge in [-0.3, -0.25) is 4.79 Å². The second kappa shape index (κ2) is 8.83. The highest BCUT2D eigenvalue weighted by atomic mass is 19.1. The van der Waals surface area contributed by atoms with E-state index in [1.165, 1.54) is 18.5 Å². The van der Waals surface area contributed by atoms with Gasteiger partial charge in [-0.2, -0.15) is 5.26 Å². The number of nitrogens with zero attached hydrogens (tertiary/aromatic N) is 4. The highest BCUT2D eigenvalue weighted by molar-refractivity contribution is 6.00. The number of hydrogen-bond acceptors (Lipinski definition) is 4. The van der Waals surface area contributed by atoms with Crippen molar-refractivity contribution in [3.05, 3.63) is 83.8 Å². The molecule has 0 spiro atoms. The fourth-order valence-electron chi connectivity index (χ4n) is 4.41. The molecule has 4 rings (SSSR count). The van der Waals surface area contributed by atoms with Gasteiger partial charge in [-0.05, 0) is 36.6 Å². The number of likely N-dealkylation sites (tertiary alicyclic amines) is 1. The van der Waals surface area contributed by atoms with E-state index in [4.69, 9.17) is 0 Å². The van der Waals surface area contributed by atoms with Crippen LogP contribution in [0.2, 0.25) is 0 Å². The van der Waals surface area contributed by atoms with E-state index in [1.54, 1.807) is 36.2 Å². The predicted molar refractivity (Wildman–Crippen MR) is 115 cm³/mol. The number of aromatic nitrogens is 2. The summed E-state index contributed by atoms with van der Waals surface area (Å²) in [5, 5.41) is 9.99. The first-order valence-corrected chi connectivity index (χ1v) is 10.5. The van der Waals surface area contributed by atoms with Crippen LogP contribution < -0.4 is 0 Å². The Morgan fingerprint density at radius 3 is 2.56 bits per heavy atom. The summed E-state index contributed by atoms with van der Waals surface area (Å²) in [4.78, 5) is 23.2. The van der Waals surface area contributed by atoms with Crippen LogP contribution in [0.3, 0.4) is 0 Å². The van der Waals surface area contributed by atoms with Crippen LogP contribution in [-0.2, 0) is 0 Å². The number of halogens is 2. The molecule has 0 saturated carbocycles. The van der Waals surface area contributed by atoms with Gasteiger partial charge in [0.05, 0.1) is 17.2 Å². The van der Waals surface area contributed by atoms with Crippen molar-refractivity contribution in [1.82, 2.24) is 14.9 Å². The minimum atomic E-state index is -0.832. The number of benzene rings is 2. The van der Waals surface area contributed by atoms with Gasteiger partial charge in [0, 0.05) is 42.4 Å². The summed E-state index contributed by atoms with van der Waals surface area (Å²) in [5.74, 6) is -1.86. The SMILES string of the molecule is C[C@H](c1ccc(F)cc1F)C1(C#N)CCN(C(=O)c2ccccc2-c2ccncn2)CC1. The average molecular weight is 432 g/mol. The Balaban J connectivity index is 1.55. The van der Waals surface area contributed by atoms with Crippen molar-refractivity contribution in [2.75, 3.05) is 13.1 Å². The number of amides is 1. The Morgan fingerprint density at radius 2 is 1.91 bits per heavy atom. The molecular weight excluding hydrogens is 410 g/mol. The normalized spacial score (nSPS) is 16.2. The predicted octanol–water partition coefficient (Wildman–Crippen LogP) is 4.97. The summed E-state index contributed by atoms with van der Waals surface area (Å²) in [7, 11) is 0. The van der Waals surface area contributed by atoms with E-state index in [-0.39, 0.29) is 5.91 Å².